The molecule has 0 radical (unpaired) electrons. The van der Waals surface area contributed by atoms with Gasteiger partial charge < -0.3 is 9.72 Å². The summed E-state index contributed by atoms with van der Waals surface area (Å²) in [4.78, 5) is 15.3. The van der Waals surface area contributed by atoms with Crippen LogP contribution in [0.3, 0.4) is 0 Å². The maximum absolute atomic E-state index is 12.3. The van der Waals surface area contributed by atoms with Crippen LogP contribution >= 0.6 is 11.3 Å². The second-order valence-corrected chi connectivity index (χ2v) is 6.96. The number of nitrogens with one attached hydrogen (secondary N) is 1. The summed E-state index contributed by atoms with van der Waals surface area (Å²) in [6.45, 7) is 0. The lowest BCUT2D eigenvalue weighted by Gasteiger charge is -2.14. The molecule has 128 valence electrons. The van der Waals surface area contributed by atoms with E-state index in [0.29, 0.717) is 17.5 Å². The summed E-state index contributed by atoms with van der Waals surface area (Å²) in [5.41, 5.74) is 3.81. The second-order valence-electron chi connectivity index (χ2n) is 6.04. The van der Waals surface area contributed by atoms with Crippen molar-refractivity contribution >= 4 is 32.3 Å². The molecule has 0 saturated heterocycles. The van der Waals surface area contributed by atoms with Crippen LogP contribution in [-0.2, 0) is 6.42 Å². The SMILES string of the molecule is COc1ccc2[nH]c(=O)c3sccc3c2c1-c1cccc(CCC#N)c1. The number of benzene rings is 2. The highest BCUT2D eigenvalue weighted by molar-refractivity contribution is 7.17. The number of aromatic amines is 1. The summed E-state index contributed by atoms with van der Waals surface area (Å²) < 4.78 is 6.36. The molecule has 5 heteroatoms. The van der Waals surface area contributed by atoms with Crippen LogP contribution in [0.4, 0.5) is 0 Å². The molecule has 26 heavy (non-hydrogen) atoms. The highest BCUT2D eigenvalue weighted by atomic mass is 32.1. The Morgan fingerprint density at radius 2 is 2.12 bits per heavy atom. The summed E-state index contributed by atoms with van der Waals surface area (Å²) in [6.07, 6.45) is 1.19. The molecule has 4 rings (SSSR count). The number of fused-ring (bicyclic) bond motifs is 3. The van der Waals surface area contributed by atoms with Crippen LogP contribution in [0.2, 0.25) is 0 Å². The van der Waals surface area contributed by atoms with Crippen molar-refractivity contribution in [2.75, 3.05) is 7.11 Å². The summed E-state index contributed by atoms with van der Waals surface area (Å²) in [7, 11) is 1.65. The zero-order valence-corrected chi connectivity index (χ0v) is 15.0. The Morgan fingerprint density at radius 1 is 1.23 bits per heavy atom. The van der Waals surface area contributed by atoms with Gasteiger partial charge in [0, 0.05) is 28.3 Å². The highest BCUT2D eigenvalue weighted by Gasteiger charge is 2.16. The monoisotopic (exact) mass is 360 g/mol. The van der Waals surface area contributed by atoms with E-state index in [0.717, 1.165) is 38.7 Å². The third kappa shape index (κ3) is 2.65. The zero-order valence-electron chi connectivity index (χ0n) is 14.2. The minimum Gasteiger partial charge on any atom is -0.496 e. The van der Waals surface area contributed by atoms with Gasteiger partial charge in [-0.1, -0.05) is 24.3 Å². The minimum atomic E-state index is -0.0682. The standard InChI is InChI=1S/C21H16N2O2S/c1-25-17-8-7-16-19(15-9-11-26-20(15)21(24)23-16)18(17)14-6-2-4-13(12-14)5-3-10-22/h2,4,6-9,11-12H,3,5H2,1H3,(H,23,24). The number of nitriles is 1. The number of nitrogens with zero attached hydrogens (tertiary/aromatic N) is 1. The van der Waals surface area contributed by atoms with Gasteiger partial charge in [-0.25, -0.2) is 0 Å². The number of H-pyrrole nitrogens is 1. The molecule has 2 aromatic heterocycles. The molecule has 0 spiro atoms. The number of aryl methyl sites for hydroxylation is 1. The van der Waals surface area contributed by atoms with Crippen molar-refractivity contribution in [3.05, 3.63) is 63.8 Å². The zero-order chi connectivity index (χ0) is 18.1. The maximum atomic E-state index is 12.3. The number of rotatable bonds is 4. The van der Waals surface area contributed by atoms with Crippen molar-refractivity contribution in [1.29, 1.82) is 5.26 Å². The van der Waals surface area contributed by atoms with E-state index in [4.69, 9.17) is 10.00 Å². The van der Waals surface area contributed by atoms with E-state index in [1.807, 2.05) is 41.8 Å². The van der Waals surface area contributed by atoms with Gasteiger partial charge in [-0.05, 0) is 41.1 Å². The van der Waals surface area contributed by atoms with Gasteiger partial charge in [0.25, 0.3) is 5.56 Å². The molecule has 1 N–H and O–H groups in total. The normalized spacial score (nSPS) is 10.9. The molecule has 0 amide bonds. The van der Waals surface area contributed by atoms with Gasteiger partial charge in [0.05, 0.1) is 13.2 Å². The van der Waals surface area contributed by atoms with Crippen LogP contribution in [0, 0.1) is 11.3 Å². The number of methoxy groups -OCH3 is 1. The van der Waals surface area contributed by atoms with Crippen molar-refractivity contribution in [3.8, 4) is 22.9 Å². The first-order chi connectivity index (χ1) is 12.7. The van der Waals surface area contributed by atoms with Gasteiger partial charge in [0.2, 0.25) is 0 Å². The van der Waals surface area contributed by atoms with Gasteiger partial charge in [0.15, 0.2) is 0 Å². The summed E-state index contributed by atoms with van der Waals surface area (Å²) in [6, 6.07) is 16.1. The largest absolute Gasteiger partial charge is 0.496 e. The predicted octanol–water partition coefficient (Wildman–Crippen LogP) is 4.87. The number of hydrogen-bond acceptors (Lipinski definition) is 4. The quantitative estimate of drug-likeness (QED) is 0.564. The van der Waals surface area contributed by atoms with Crippen molar-refractivity contribution in [2.24, 2.45) is 0 Å². The first kappa shape index (κ1) is 16.4. The van der Waals surface area contributed by atoms with E-state index >= 15 is 0 Å². The van der Waals surface area contributed by atoms with E-state index in [2.05, 4.69) is 17.1 Å². The first-order valence-electron chi connectivity index (χ1n) is 8.29. The molecule has 4 aromatic rings. The Balaban J connectivity index is 2.07. The fourth-order valence-corrected chi connectivity index (χ4v) is 4.16. The predicted molar refractivity (Wildman–Crippen MR) is 106 cm³/mol. The van der Waals surface area contributed by atoms with Gasteiger partial charge in [0.1, 0.15) is 10.4 Å². The molecular weight excluding hydrogens is 344 g/mol. The molecule has 0 aliphatic carbocycles. The lowest BCUT2D eigenvalue weighted by molar-refractivity contribution is 0.417. The summed E-state index contributed by atoms with van der Waals surface area (Å²) >= 11 is 1.44. The number of pyridine rings is 1. The molecule has 0 atom stereocenters. The minimum absolute atomic E-state index is 0.0682. The third-order valence-electron chi connectivity index (χ3n) is 4.52. The highest BCUT2D eigenvalue weighted by Crippen LogP contribution is 2.40. The van der Waals surface area contributed by atoms with E-state index in [-0.39, 0.29) is 5.56 Å². The lowest BCUT2D eigenvalue weighted by atomic mass is 9.95. The van der Waals surface area contributed by atoms with Crippen molar-refractivity contribution < 1.29 is 4.74 Å². The van der Waals surface area contributed by atoms with E-state index in [1.165, 1.54) is 11.3 Å². The molecule has 0 unspecified atom stereocenters. The van der Waals surface area contributed by atoms with Crippen LogP contribution in [0.25, 0.3) is 32.1 Å². The molecule has 4 nitrogen and oxygen atoms in total. The molecule has 2 heterocycles. The van der Waals surface area contributed by atoms with E-state index < -0.39 is 0 Å². The average Bonchev–Trinajstić information content (AvgIpc) is 3.16. The molecule has 0 aliphatic rings. The van der Waals surface area contributed by atoms with Gasteiger partial charge in [-0.15, -0.1) is 11.3 Å². The second kappa shape index (κ2) is 6.66. The van der Waals surface area contributed by atoms with Crippen LogP contribution < -0.4 is 10.3 Å². The summed E-state index contributed by atoms with van der Waals surface area (Å²) in [5, 5.41) is 12.7. The van der Waals surface area contributed by atoms with Crippen LogP contribution in [0.15, 0.2) is 52.6 Å². The van der Waals surface area contributed by atoms with E-state index in [1.54, 1.807) is 7.11 Å². The molecule has 0 saturated carbocycles. The van der Waals surface area contributed by atoms with Gasteiger partial charge >= 0.3 is 0 Å². The average molecular weight is 360 g/mol. The lowest BCUT2D eigenvalue weighted by Crippen LogP contribution is -2.05. The van der Waals surface area contributed by atoms with Gasteiger partial charge in [-0.3, -0.25) is 4.79 Å². The van der Waals surface area contributed by atoms with Crippen LogP contribution in [-0.4, -0.2) is 12.1 Å². The van der Waals surface area contributed by atoms with Crippen LogP contribution in [0.1, 0.15) is 12.0 Å². The van der Waals surface area contributed by atoms with Crippen molar-refractivity contribution in [3.63, 3.8) is 0 Å². The smallest absolute Gasteiger partial charge is 0.266 e. The molecule has 0 bridgehead atoms. The number of hydrogen-bond donors (Lipinski definition) is 1. The third-order valence-corrected chi connectivity index (χ3v) is 5.43. The first-order valence-corrected chi connectivity index (χ1v) is 9.17. The Hall–Kier alpha value is -3.10. The number of ether oxygens (including phenoxy) is 1. The Labute approximate surface area is 154 Å². The Bertz CT molecular complexity index is 1210. The molecular formula is C21H16N2O2S. The topological polar surface area (TPSA) is 65.9 Å². The molecule has 2 aromatic carbocycles. The number of thiophene rings is 1. The van der Waals surface area contributed by atoms with Crippen molar-refractivity contribution in [2.45, 2.75) is 12.8 Å². The van der Waals surface area contributed by atoms with Crippen molar-refractivity contribution in [1.82, 2.24) is 4.98 Å². The fraction of sp³-hybridized carbons (Fsp3) is 0.143. The summed E-state index contributed by atoms with van der Waals surface area (Å²) in [5.74, 6) is 0.759. The van der Waals surface area contributed by atoms with E-state index in [9.17, 15) is 4.79 Å². The number of aromatic nitrogens is 1. The maximum Gasteiger partial charge on any atom is 0.266 e. The Kier molecular flexibility index (Phi) is 4.19. The van der Waals surface area contributed by atoms with Gasteiger partial charge in [-0.2, -0.15) is 5.26 Å². The van der Waals surface area contributed by atoms with Crippen LogP contribution in [0.5, 0.6) is 5.75 Å². The molecule has 0 fully saturated rings. The Morgan fingerprint density at radius 3 is 2.92 bits per heavy atom. The molecule has 0 aliphatic heterocycles. The fourth-order valence-electron chi connectivity index (χ4n) is 3.37.